The van der Waals surface area contributed by atoms with Gasteiger partial charge >= 0.3 is 0 Å². The second-order valence-corrected chi connectivity index (χ2v) is 14.1. The third kappa shape index (κ3) is 4.55. The van der Waals surface area contributed by atoms with E-state index >= 15 is 0 Å². The molecule has 9 rings (SSSR count). The smallest absolute Gasteiger partial charge is 0.164 e. The van der Waals surface area contributed by atoms with Crippen molar-refractivity contribution in [3.05, 3.63) is 168 Å². The Morgan fingerprint density at radius 3 is 1.35 bits per heavy atom. The van der Waals surface area contributed by atoms with Crippen molar-refractivity contribution in [3.63, 3.8) is 0 Å². The van der Waals surface area contributed by atoms with Crippen LogP contribution >= 0.6 is 0 Å². The van der Waals surface area contributed by atoms with Gasteiger partial charge in [0.1, 0.15) is 0 Å². The minimum absolute atomic E-state index is 0.225. The van der Waals surface area contributed by atoms with Crippen LogP contribution in [0.15, 0.2) is 146 Å². The topological polar surface area (TPSA) is 43.6 Å². The molecule has 0 unspecified atom stereocenters. The first-order valence-electron chi connectivity index (χ1n) is 17.0. The Hall–Kier alpha value is -5.87. The molecule has 0 spiro atoms. The molecule has 2 heterocycles. The Morgan fingerprint density at radius 1 is 0.388 bits per heavy atom. The van der Waals surface area contributed by atoms with Gasteiger partial charge in [-0.15, -0.1) is 0 Å². The normalized spacial score (nSPS) is 14.4. The summed E-state index contributed by atoms with van der Waals surface area (Å²) in [4.78, 5) is 15.0. The number of fused-ring (bicyclic) bond motifs is 5. The van der Waals surface area contributed by atoms with Crippen LogP contribution in [0.5, 0.6) is 0 Å². The highest BCUT2D eigenvalue weighted by Crippen LogP contribution is 2.51. The summed E-state index contributed by atoms with van der Waals surface area (Å²) in [6.07, 6.45) is 0. The molecule has 4 heteroatoms. The highest BCUT2D eigenvalue weighted by Gasteiger charge is 2.42. The lowest BCUT2D eigenvalue weighted by molar-refractivity contribution is 0.520. The third-order valence-corrected chi connectivity index (χ3v) is 10.5. The first-order valence-corrected chi connectivity index (χ1v) is 17.0. The van der Waals surface area contributed by atoms with E-state index in [0.29, 0.717) is 17.5 Å². The van der Waals surface area contributed by atoms with Crippen LogP contribution in [0.25, 0.3) is 61.7 Å². The monoisotopic (exact) mass is 632 g/mol. The van der Waals surface area contributed by atoms with E-state index in [0.717, 1.165) is 16.7 Å². The second-order valence-electron chi connectivity index (χ2n) is 14.1. The predicted octanol–water partition coefficient (Wildman–Crippen LogP) is 10.9. The van der Waals surface area contributed by atoms with Gasteiger partial charge in [-0.1, -0.05) is 143 Å². The fraction of sp³-hybridized carbons (Fsp3) is 0.133. The van der Waals surface area contributed by atoms with Gasteiger partial charge in [-0.2, -0.15) is 0 Å². The molecule has 0 amide bonds. The van der Waals surface area contributed by atoms with E-state index in [-0.39, 0.29) is 10.8 Å². The average Bonchev–Trinajstić information content (AvgIpc) is 3.49. The molecule has 1 aliphatic carbocycles. The maximum absolute atomic E-state index is 5.04. The zero-order valence-corrected chi connectivity index (χ0v) is 28.1. The van der Waals surface area contributed by atoms with E-state index in [1.807, 2.05) is 36.4 Å². The molecule has 0 atom stereocenters. The average molecular weight is 633 g/mol. The van der Waals surface area contributed by atoms with Crippen LogP contribution < -0.4 is 0 Å². The molecule has 0 saturated carbocycles. The van der Waals surface area contributed by atoms with E-state index in [1.54, 1.807) is 0 Å². The van der Waals surface area contributed by atoms with Gasteiger partial charge in [-0.3, -0.25) is 0 Å². The Balaban J connectivity index is 1.20. The lowest BCUT2D eigenvalue weighted by Crippen LogP contribution is -2.36. The standard InChI is InChI=1S/C45H36N4/c1-44(2)36-26-24-32(49-39-21-13-11-19-33(39)34-20-12-14-22-40(34)49)28-38(36)45(3,4)35-25-23-31(27-37(35)44)43-47-41(29-15-7-5-8-16-29)46-42(48-43)30-17-9-6-10-18-30/h5-28H,1-4H3. The van der Waals surface area contributed by atoms with Crippen LogP contribution in [0.2, 0.25) is 0 Å². The van der Waals surface area contributed by atoms with Crippen LogP contribution in [0.3, 0.4) is 0 Å². The van der Waals surface area contributed by atoms with Gasteiger partial charge in [0.25, 0.3) is 0 Å². The van der Waals surface area contributed by atoms with Gasteiger partial charge in [0, 0.05) is 44.0 Å². The molecule has 2 aromatic heterocycles. The maximum Gasteiger partial charge on any atom is 0.164 e. The molecule has 4 nitrogen and oxygen atoms in total. The van der Waals surface area contributed by atoms with Gasteiger partial charge in [-0.25, -0.2) is 15.0 Å². The highest BCUT2D eigenvalue weighted by molar-refractivity contribution is 6.09. The number of nitrogens with zero attached hydrogens (tertiary/aromatic N) is 4. The zero-order chi connectivity index (χ0) is 33.3. The number of hydrogen-bond donors (Lipinski definition) is 0. The van der Waals surface area contributed by atoms with Crippen molar-refractivity contribution < 1.29 is 0 Å². The third-order valence-electron chi connectivity index (χ3n) is 10.5. The van der Waals surface area contributed by atoms with Crippen molar-refractivity contribution in [1.82, 2.24) is 19.5 Å². The van der Waals surface area contributed by atoms with Crippen molar-refractivity contribution >= 4 is 21.8 Å². The lowest BCUT2D eigenvalue weighted by atomic mass is 9.59. The second kappa shape index (κ2) is 10.8. The number of hydrogen-bond acceptors (Lipinski definition) is 3. The van der Waals surface area contributed by atoms with E-state index < -0.39 is 0 Å². The minimum Gasteiger partial charge on any atom is -0.309 e. The number of para-hydroxylation sites is 2. The van der Waals surface area contributed by atoms with Gasteiger partial charge in [0.15, 0.2) is 17.5 Å². The number of aromatic nitrogens is 4. The summed E-state index contributed by atoms with van der Waals surface area (Å²) in [7, 11) is 0. The summed E-state index contributed by atoms with van der Waals surface area (Å²) in [5, 5.41) is 2.55. The summed E-state index contributed by atoms with van der Waals surface area (Å²) in [6.45, 7) is 9.42. The van der Waals surface area contributed by atoms with Crippen LogP contribution in [0.1, 0.15) is 49.9 Å². The molecule has 0 bridgehead atoms. The summed E-state index contributed by atoms with van der Waals surface area (Å²) in [6, 6.07) is 51.7. The van der Waals surface area contributed by atoms with Gasteiger partial charge in [0.05, 0.1) is 11.0 Å². The SMILES string of the molecule is CC1(C)c2ccc(-n3c4ccccc4c4ccccc43)cc2C(C)(C)c2ccc(-c3nc(-c4ccccc4)nc(-c4ccccc4)n3)cc21. The Bertz CT molecular complexity index is 2430. The van der Waals surface area contributed by atoms with Crippen LogP contribution in [0.4, 0.5) is 0 Å². The van der Waals surface area contributed by atoms with Crippen molar-refractivity contribution in [1.29, 1.82) is 0 Å². The van der Waals surface area contributed by atoms with Crippen LogP contribution in [0, 0.1) is 0 Å². The fourth-order valence-electron chi connectivity index (χ4n) is 7.91. The number of rotatable bonds is 4. The van der Waals surface area contributed by atoms with E-state index in [4.69, 9.17) is 15.0 Å². The molecular weight excluding hydrogens is 597 g/mol. The van der Waals surface area contributed by atoms with Crippen molar-refractivity contribution in [3.8, 4) is 39.9 Å². The Morgan fingerprint density at radius 2 is 0.816 bits per heavy atom. The first kappa shape index (κ1) is 29.3. The highest BCUT2D eigenvalue weighted by atomic mass is 15.0. The zero-order valence-electron chi connectivity index (χ0n) is 28.1. The summed E-state index contributed by atoms with van der Waals surface area (Å²) in [5.41, 5.74) is 11.4. The quantitative estimate of drug-likeness (QED) is 0.194. The van der Waals surface area contributed by atoms with E-state index in [1.165, 1.54) is 49.7 Å². The maximum atomic E-state index is 5.04. The molecule has 8 aromatic rings. The molecule has 0 N–H and O–H groups in total. The van der Waals surface area contributed by atoms with E-state index in [2.05, 4.69) is 141 Å². The minimum atomic E-state index is -0.243. The van der Waals surface area contributed by atoms with Crippen molar-refractivity contribution in [2.45, 2.75) is 38.5 Å². The summed E-state index contributed by atoms with van der Waals surface area (Å²) >= 11 is 0. The van der Waals surface area contributed by atoms with Gasteiger partial charge in [0.2, 0.25) is 0 Å². The summed E-state index contributed by atoms with van der Waals surface area (Å²) in [5.74, 6) is 2.02. The lowest BCUT2D eigenvalue weighted by Gasteiger charge is -2.44. The molecule has 0 fully saturated rings. The number of benzene rings is 6. The van der Waals surface area contributed by atoms with E-state index in [9.17, 15) is 0 Å². The molecule has 0 aliphatic heterocycles. The van der Waals surface area contributed by atoms with Crippen molar-refractivity contribution in [2.75, 3.05) is 0 Å². The molecule has 0 saturated heterocycles. The molecule has 0 radical (unpaired) electrons. The van der Waals surface area contributed by atoms with Gasteiger partial charge in [-0.05, 0) is 52.6 Å². The first-order chi connectivity index (χ1) is 23.8. The largest absolute Gasteiger partial charge is 0.309 e. The van der Waals surface area contributed by atoms with Crippen LogP contribution in [-0.2, 0) is 10.8 Å². The van der Waals surface area contributed by atoms with Gasteiger partial charge < -0.3 is 4.57 Å². The molecular formula is C45H36N4. The predicted molar refractivity (Wildman–Crippen MR) is 201 cm³/mol. The molecule has 1 aliphatic rings. The Kier molecular flexibility index (Phi) is 6.47. The summed E-state index contributed by atoms with van der Waals surface area (Å²) < 4.78 is 2.42. The fourth-order valence-corrected chi connectivity index (χ4v) is 7.91. The van der Waals surface area contributed by atoms with Crippen LogP contribution in [-0.4, -0.2) is 19.5 Å². The molecule has 6 aromatic carbocycles. The molecule has 236 valence electrons. The molecule has 49 heavy (non-hydrogen) atoms. The Labute approximate surface area is 286 Å². The van der Waals surface area contributed by atoms with Crippen molar-refractivity contribution in [2.24, 2.45) is 0 Å².